The molecule has 3 atom stereocenters. The average molecular weight is 417 g/mol. The monoisotopic (exact) mass is 417 g/mol. The van der Waals surface area contributed by atoms with Crippen LogP contribution in [0.5, 0.6) is 11.5 Å². The number of hydrogen-bond donors (Lipinski definition) is 2. The van der Waals surface area contributed by atoms with E-state index in [9.17, 15) is 13.2 Å². The van der Waals surface area contributed by atoms with Crippen LogP contribution in [0.1, 0.15) is 35.4 Å². The van der Waals surface area contributed by atoms with E-state index in [0.29, 0.717) is 29.9 Å². The van der Waals surface area contributed by atoms with Crippen molar-refractivity contribution in [3.63, 3.8) is 0 Å². The molecular formula is C21H23NO6S. The van der Waals surface area contributed by atoms with Crippen molar-refractivity contribution in [2.45, 2.75) is 49.6 Å². The Labute approximate surface area is 169 Å². The lowest BCUT2D eigenvalue weighted by molar-refractivity contribution is -0.139. The van der Waals surface area contributed by atoms with Crippen LogP contribution in [0.15, 0.2) is 41.3 Å². The summed E-state index contributed by atoms with van der Waals surface area (Å²) in [5.74, 6) is -0.326. The van der Waals surface area contributed by atoms with Gasteiger partial charge in [0.05, 0.1) is 4.90 Å². The molecular weight excluding hydrogens is 394 g/mol. The molecule has 0 bridgehead atoms. The van der Waals surface area contributed by atoms with E-state index >= 15 is 0 Å². The van der Waals surface area contributed by atoms with Crippen molar-refractivity contribution in [3.05, 3.63) is 53.1 Å². The van der Waals surface area contributed by atoms with Gasteiger partial charge in [0.1, 0.15) is 6.10 Å². The van der Waals surface area contributed by atoms with Gasteiger partial charge in [-0.3, -0.25) is 0 Å². The standard InChI is InChI=1S/C21H23NO6S/c1-12-6-9-18(13(2)10-12)29(25,26)22-15-7-8-16-20(15)14-4-3-5-17(21(14)28-16)27-11-19(23)24/h3-6,9-10,15-16,20,22H,7-8,11H2,1-2H3,(H,23,24). The summed E-state index contributed by atoms with van der Waals surface area (Å²) >= 11 is 0. The van der Waals surface area contributed by atoms with Crippen LogP contribution in [0.3, 0.4) is 0 Å². The molecule has 7 nitrogen and oxygen atoms in total. The van der Waals surface area contributed by atoms with E-state index in [1.54, 1.807) is 31.2 Å². The number of carbonyl (C=O) groups is 1. The summed E-state index contributed by atoms with van der Waals surface area (Å²) < 4.78 is 40.3. The van der Waals surface area contributed by atoms with Gasteiger partial charge in [-0.2, -0.15) is 0 Å². The third-order valence-corrected chi connectivity index (χ3v) is 7.16. The molecule has 0 aromatic heterocycles. The first-order valence-electron chi connectivity index (χ1n) is 9.50. The van der Waals surface area contributed by atoms with Gasteiger partial charge >= 0.3 is 5.97 Å². The predicted octanol–water partition coefficient (Wildman–Crippen LogP) is 2.75. The van der Waals surface area contributed by atoms with Gasteiger partial charge in [-0.1, -0.05) is 29.8 Å². The highest BCUT2D eigenvalue weighted by Crippen LogP contribution is 2.51. The number of hydrogen-bond acceptors (Lipinski definition) is 5. The third-order valence-electron chi connectivity index (χ3n) is 5.51. The Morgan fingerprint density at radius 3 is 2.76 bits per heavy atom. The molecule has 1 fully saturated rings. The lowest BCUT2D eigenvalue weighted by Crippen LogP contribution is -2.37. The van der Waals surface area contributed by atoms with E-state index < -0.39 is 22.6 Å². The van der Waals surface area contributed by atoms with E-state index in [4.69, 9.17) is 14.6 Å². The zero-order valence-electron chi connectivity index (χ0n) is 16.2. The number of carboxylic acids is 1. The third kappa shape index (κ3) is 3.70. The number of para-hydroxylation sites is 1. The van der Waals surface area contributed by atoms with E-state index in [2.05, 4.69) is 4.72 Å². The summed E-state index contributed by atoms with van der Waals surface area (Å²) in [5.41, 5.74) is 2.57. The Morgan fingerprint density at radius 1 is 1.24 bits per heavy atom. The molecule has 0 radical (unpaired) electrons. The Hall–Kier alpha value is -2.58. The Balaban J connectivity index is 1.60. The van der Waals surface area contributed by atoms with Crippen LogP contribution in [0.25, 0.3) is 0 Å². The Kier molecular flexibility index (Phi) is 5.00. The maximum atomic E-state index is 13.0. The number of nitrogens with one attached hydrogen (secondary N) is 1. The molecule has 2 aromatic carbocycles. The van der Waals surface area contributed by atoms with Crippen LogP contribution >= 0.6 is 0 Å². The fourth-order valence-electron chi connectivity index (χ4n) is 4.33. The first kappa shape index (κ1) is 19.7. The minimum Gasteiger partial charge on any atom is -0.486 e. The van der Waals surface area contributed by atoms with Gasteiger partial charge in [-0.25, -0.2) is 17.9 Å². The second-order valence-electron chi connectivity index (χ2n) is 7.61. The number of rotatable bonds is 6. The molecule has 0 spiro atoms. The number of carboxylic acid groups (broad SMARTS) is 1. The summed E-state index contributed by atoms with van der Waals surface area (Å²) in [6.45, 7) is 3.26. The summed E-state index contributed by atoms with van der Waals surface area (Å²) in [6, 6.07) is 10.3. The molecule has 8 heteroatoms. The van der Waals surface area contributed by atoms with Crippen molar-refractivity contribution in [2.24, 2.45) is 0 Å². The first-order chi connectivity index (χ1) is 13.8. The predicted molar refractivity (Wildman–Crippen MR) is 106 cm³/mol. The van der Waals surface area contributed by atoms with Crippen molar-refractivity contribution >= 4 is 16.0 Å². The smallest absolute Gasteiger partial charge is 0.341 e. The normalized spacial score (nSPS) is 22.6. The molecule has 0 amide bonds. The fourth-order valence-corrected chi connectivity index (χ4v) is 5.85. The minimum absolute atomic E-state index is 0.140. The van der Waals surface area contributed by atoms with Crippen molar-refractivity contribution in [2.75, 3.05) is 6.61 Å². The lowest BCUT2D eigenvalue weighted by Gasteiger charge is -2.20. The number of benzene rings is 2. The van der Waals surface area contributed by atoms with Crippen LogP contribution in [0.4, 0.5) is 0 Å². The van der Waals surface area contributed by atoms with Gasteiger partial charge in [-0.15, -0.1) is 0 Å². The van der Waals surface area contributed by atoms with Crippen molar-refractivity contribution in [1.82, 2.24) is 4.72 Å². The number of aliphatic carboxylic acids is 1. The van der Waals surface area contributed by atoms with Gasteiger partial charge in [0.25, 0.3) is 0 Å². The summed E-state index contributed by atoms with van der Waals surface area (Å²) in [4.78, 5) is 11.1. The summed E-state index contributed by atoms with van der Waals surface area (Å²) in [5, 5.41) is 8.86. The molecule has 0 saturated heterocycles. The SMILES string of the molecule is Cc1ccc(S(=O)(=O)NC2CCC3Oc4c(OCC(=O)O)cccc4C23)c(C)c1. The van der Waals surface area contributed by atoms with Gasteiger partial charge in [0.15, 0.2) is 18.1 Å². The number of fused-ring (bicyclic) bond motifs is 3. The Morgan fingerprint density at radius 2 is 2.03 bits per heavy atom. The maximum Gasteiger partial charge on any atom is 0.341 e. The molecule has 1 heterocycles. The van der Waals surface area contributed by atoms with Gasteiger partial charge in [0, 0.05) is 17.5 Å². The van der Waals surface area contributed by atoms with Gasteiger partial charge in [0.2, 0.25) is 10.0 Å². The van der Waals surface area contributed by atoms with Crippen LogP contribution < -0.4 is 14.2 Å². The molecule has 3 unspecified atom stereocenters. The zero-order valence-corrected chi connectivity index (χ0v) is 17.0. The molecule has 4 rings (SSSR count). The minimum atomic E-state index is -3.68. The van der Waals surface area contributed by atoms with Crippen molar-refractivity contribution < 1.29 is 27.8 Å². The summed E-state index contributed by atoms with van der Waals surface area (Å²) in [6.07, 6.45) is 1.21. The van der Waals surface area contributed by atoms with Crippen LogP contribution in [-0.4, -0.2) is 38.2 Å². The summed E-state index contributed by atoms with van der Waals surface area (Å²) in [7, 11) is -3.68. The number of ether oxygens (including phenoxy) is 2. The van der Waals surface area contributed by atoms with E-state index in [0.717, 1.165) is 11.1 Å². The molecule has 1 aliphatic carbocycles. The quantitative estimate of drug-likeness (QED) is 0.749. The number of aryl methyl sites for hydroxylation is 2. The van der Waals surface area contributed by atoms with Gasteiger partial charge < -0.3 is 14.6 Å². The van der Waals surface area contributed by atoms with Crippen LogP contribution in [0, 0.1) is 13.8 Å². The van der Waals surface area contributed by atoms with Gasteiger partial charge in [-0.05, 0) is 44.4 Å². The first-order valence-corrected chi connectivity index (χ1v) is 11.0. The van der Waals surface area contributed by atoms with Crippen LogP contribution in [-0.2, 0) is 14.8 Å². The fraction of sp³-hybridized carbons (Fsp3) is 0.381. The number of sulfonamides is 1. The Bertz CT molecular complexity index is 1060. The highest BCUT2D eigenvalue weighted by molar-refractivity contribution is 7.89. The molecule has 1 saturated carbocycles. The molecule has 1 aliphatic heterocycles. The average Bonchev–Trinajstić information content (AvgIpc) is 3.19. The largest absolute Gasteiger partial charge is 0.486 e. The van der Waals surface area contributed by atoms with Crippen LogP contribution in [0.2, 0.25) is 0 Å². The van der Waals surface area contributed by atoms with E-state index in [-0.39, 0.29) is 23.0 Å². The second-order valence-corrected chi connectivity index (χ2v) is 9.30. The highest BCUT2D eigenvalue weighted by Gasteiger charge is 2.47. The maximum absolute atomic E-state index is 13.0. The molecule has 154 valence electrons. The molecule has 2 aromatic rings. The highest BCUT2D eigenvalue weighted by atomic mass is 32.2. The van der Waals surface area contributed by atoms with E-state index in [1.807, 2.05) is 19.1 Å². The second kappa shape index (κ2) is 7.35. The van der Waals surface area contributed by atoms with Crippen molar-refractivity contribution in [1.29, 1.82) is 0 Å². The lowest BCUT2D eigenvalue weighted by atomic mass is 9.94. The zero-order chi connectivity index (χ0) is 20.8. The topological polar surface area (TPSA) is 102 Å². The molecule has 29 heavy (non-hydrogen) atoms. The molecule has 2 N–H and O–H groups in total. The van der Waals surface area contributed by atoms with E-state index in [1.165, 1.54) is 0 Å². The molecule has 2 aliphatic rings. The van der Waals surface area contributed by atoms with Crippen molar-refractivity contribution in [3.8, 4) is 11.5 Å².